The van der Waals surface area contributed by atoms with Gasteiger partial charge in [-0.15, -0.1) is 0 Å². The Kier molecular flexibility index (Phi) is 4.76. The van der Waals surface area contributed by atoms with Crippen molar-refractivity contribution >= 4 is 18.1 Å². The molecule has 1 aromatic carbocycles. The van der Waals surface area contributed by atoms with E-state index >= 15 is 0 Å². The van der Waals surface area contributed by atoms with Crippen molar-refractivity contribution in [3.05, 3.63) is 39.9 Å². The van der Waals surface area contributed by atoms with E-state index in [2.05, 4.69) is 4.74 Å². The third kappa shape index (κ3) is 3.52. The average molecular weight is 253 g/mol. The van der Waals surface area contributed by atoms with Crippen molar-refractivity contribution in [2.45, 2.75) is 0 Å². The number of para-hydroxylation sites is 1. The Hall–Kier alpha value is -2.48. The van der Waals surface area contributed by atoms with E-state index in [0.29, 0.717) is 19.4 Å². The van der Waals surface area contributed by atoms with Gasteiger partial charge in [0.15, 0.2) is 6.29 Å². The summed E-state index contributed by atoms with van der Waals surface area (Å²) in [6, 6.07) is 5.80. The van der Waals surface area contributed by atoms with Crippen LogP contribution in [0, 0.1) is 10.1 Å². The molecule has 1 aliphatic heterocycles. The van der Waals surface area contributed by atoms with E-state index in [4.69, 9.17) is 5.84 Å². The minimum Gasteiger partial charge on any atom is -0.447 e. The second kappa shape index (κ2) is 6.30. The maximum Gasteiger partial charge on any atom is 0.424 e. The van der Waals surface area contributed by atoms with Gasteiger partial charge in [-0.3, -0.25) is 14.9 Å². The number of cyclic esters (lactones) is 1. The second-order valence-corrected chi connectivity index (χ2v) is 3.24. The van der Waals surface area contributed by atoms with Gasteiger partial charge in [-0.2, -0.15) is 0 Å². The van der Waals surface area contributed by atoms with Gasteiger partial charge in [-0.1, -0.05) is 12.1 Å². The summed E-state index contributed by atoms with van der Waals surface area (Å²) >= 11 is 0. The van der Waals surface area contributed by atoms with Gasteiger partial charge in [0, 0.05) is 6.07 Å². The van der Waals surface area contributed by atoms with E-state index in [0.717, 1.165) is 5.01 Å². The summed E-state index contributed by atoms with van der Waals surface area (Å²) in [6.45, 7) is 0.939. The molecule has 0 aliphatic carbocycles. The molecule has 1 amide bonds. The molecular weight excluding hydrogens is 242 g/mol. The summed E-state index contributed by atoms with van der Waals surface area (Å²) in [5.41, 5.74) is -0.0417. The van der Waals surface area contributed by atoms with Crippen LogP contribution < -0.4 is 5.84 Å². The standard InChI is InChI=1S/C7H5NO3.C3H6N2O2/c9-5-6-3-1-2-4-7(6)8(10)11;4-5-1-2-7-3(5)6/h1-5H;1-2,4H2. The van der Waals surface area contributed by atoms with Crippen molar-refractivity contribution in [1.29, 1.82) is 0 Å². The summed E-state index contributed by atoms with van der Waals surface area (Å²) < 4.78 is 4.43. The lowest BCUT2D eigenvalue weighted by Gasteiger charge is -1.98. The molecule has 1 heterocycles. The number of carbonyl (C=O) groups excluding carboxylic acids is 2. The number of amides is 1. The maximum atomic E-state index is 10.2. The van der Waals surface area contributed by atoms with Crippen LogP contribution in [0.3, 0.4) is 0 Å². The lowest BCUT2D eigenvalue weighted by molar-refractivity contribution is -0.385. The fraction of sp³-hybridized carbons (Fsp3) is 0.200. The van der Waals surface area contributed by atoms with Gasteiger partial charge in [0.2, 0.25) is 0 Å². The number of carbonyl (C=O) groups is 2. The highest BCUT2D eigenvalue weighted by molar-refractivity contribution is 5.81. The van der Waals surface area contributed by atoms with Gasteiger partial charge in [0.1, 0.15) is 6.61 Å². The number of hydrogen-bond donors (Lipinski definition) is 1. The predicted octanol–water partition coefficient (Wildman–Crippen LogP) is 0.720. The molecule has 8 heteroatoms. The van der Waals surface area contributed by atoms with E-state index in [1.54, 1.807) is 6.07 Å². The zero-order valence-corrected chi connectivity index (χ0v) is 9.31. The smallest absolute Gasteiger partial charge is 0.424 e. The van der Waals surface area contributed by atoms with Crippen molar-refractivity contribution in [2.24, 2.45) is 5.84 Å². The van der Waals surface area contributed by atoms with Crippen molar-refractivity contribution < 1.29 is 19.2 Å². The van der Waals surface area contributed by atoms with Gasteiger partial charge in [-0.25, -0.2) is 15.6 Å². The fourth-order valence-electron chi connectivity index (χ4n) is 1.16. The number of nitrogens with two attached hydrogens (primary N) is 1. The van der Waals surface area contributed by atoms with Gasteiger partial charge < -0.3 is 4.74 Å². The molecule has 0 spiro atoms. The van der Waals surface area contributed by atoms with Crippen LogP contribution in [0.2, 0.25) is 0 Å². The Bertz CT molecular complexity index is 463. The molecule has 0 aromatic heterocycles. The molecule has 0 bridgehead atoms. The minimum atomic E-state index is -0.580. The first-order valence-corrected chi connectivity index (χ1v) is 4.94. The maximum absolute atomic E-state index is 10.2. The SMILES string of the molecule is NN1CCOC1=O.O=Cc1ccccc1[N+](=O)[O-]. The Morgan fingerprint density at radius 2 is 2.11 bits per heavy atom. The third-order valence-corrected chi connectivity index (χ3v) is 2.05. The predicted molar refractivity (Wildman–Crippen MR) is 60.7 cm³/mol. The van der Waals surface area contributed by atoms with Gasteiger partial charge in [0.05, 0.1) is 17.0 Å². The number of ether oxygens (including phenoxy) is 1. The average Bonchev–Trinajstić information content (AvgIpc) is 2.74. The molecule has 8 nitrogen and oxygen atoms in total. The molecule has 96 valence electrons. The van der Waals surface area contributed by atoms with Crippen LogP contribution in [0.25, 0.3) is 0 Å². The molecule has 1 aromatic rings. The normalized spacial score (nSPS) is 13.4. The molecule has 0 radical (unpaired) electrons. The first kappa shape index (κ1) is 13.6. The van der Waals surface area contributed by atoms with E-state index in [1.165, 1.54) is 18.2 Å². The molecule has 1 fully saturated rings. The number of nitrogens with zero attached hydrogens (tertiary/aromatic N) is 2. The molecular formula is C10H11N3O5. The number of hydrogen-bond acceptors (Lipinski definition) is 6. The largest absolute Gasteiger partial charge is 0.447 e. The van der Waals surface area contributed by atoms with Crippen LogP contribution in [0.5, 0.6) is 0 Å². The molecule has 1 saturated heterocycles. The van der Waals surface area contributed by atoms with Gasteiger partial charge in [-0.05, 0) is 6.07 Å². The van der Waals surface area contributed by atoms with E-state index in [1.807, 2.05) is 0 Å². The highest BCUT2D eigenvalue weighted by atomic mass is 16.6. The van der Waals surface area contributed by atoms with Crippen LogP contribution in [-0.4, -0.2) is 35.5 Å². The van der Waals surface area contributed by atoms with Crippen LogP contribution in [0.15, 0.2) is 24.3 Å². The molecule has 2 N–H and O–H groups in total. The highest BCUT2D eigenvalue weighted by Gasteiger charge is 2.16. The fourth-order valence-corrected chi connectivity index (χ4v) is 1.16. The zero-order chi connectivity index (χ0) is 13.5. The van der Waals surface area contributed by atoms with Gasteiger partial charge >= 0.3 is 6.09 Å². The number of nitro groups is 1. The van der Waals surface area contributed by atoms with E-state index < -0.39 is 11.0 Å². The summed E-state index contributed by atoms with van der Waals surface area (Å²) in [5.74, 6) is 5.04. The lowest BCUT2D eigenvalue weighted by atomic mass is 10.2. The monoisotopic (exact) mass is 253 g/mol. The summed E-state index contributed by atoms with van der Waals surface area (Å²) in [5, 5.41) is 11.3. The number of nitro benzene ring substituents is 1. The minimum absolute atomic E-state index is 0.109. The zero-order valence-electron chi connectivity index (χ0n) is 9.31. The first-order chi connectivity index (χ1) is 8.56. The number of benzene rings is 1. The topological polar surface area (TPSA) is 116 Å². The van der Waals surface area contributed by atoms with Crippen molar-refractivity contribution in [2.75, 3.05) is 13.2 Å². The number of rotatable bonds is 2. The number of aldehydes is 1. The van der Waals surface area contributed by atoms with Crippen molar-refractivity contribution in [3.63, 3.8) is 0 Å². The highest BCUT2D eigenvalue weighted by Crippen LogP contribution is 2.14. The Morgan fingerprint density at radius 1 is 1.44 bits per heavy atom. The lowest BCUT2D eigenvalue weighted by Crippen LogP contribution is -2.31. The third-order valence-electron chi connectivity index (χ3n) is 2.05. The quantitative estimate of drug-likeness (QED) is 0.273. The van der Waals surface area contributed by atoms with E-state index in [-0.39, 0.29) is 11.3 Å². The van der Waals surface area contributed by atoms with E-state index in [9.17, 15) is 19.7 Å². The Labute approximate surface area is 102 Å². The van der Waals surface area contributed by atoms with Crippen LogP contribution in [-0.2, 0) is 4.74 Å². The summed E-state index contributed by atoms with van der Waals surface area (Å²) in [6.07, 6.45) is 0.0398. The summed E-state index contributed by atoms with van der Waals surface area (Å²) in [4.78, 5) is 30.0. The van der Waals surface area contributed by atoms with Crippen LogP contribution in [0.4, 0.5) is 10.5 Å². The number of hydrazine groups is 1. The first-order valence-electron chi connectivity index (χ1n) is 4.94. The molecule has 0 unspecified atom stereocenters. The Morgan fingerprint density at radius 3 is 2.44 bits per heavy atom. The van der Waals surface area contributed by atoms with Crippen LogP contribution >= 0.6 is 0 Å². The molecule has 2 rings (SSSR count). The summed E-state index contributed by atoms with van der Waals surface area (Å²) in [7, 11) is 0. The molecule has 1 aliphatic rings. The molecule has 18 heavy (non-hydrogen) atoms. The molecule has 0 saturated carbocycles. The van der Waals surface area contributed by atoms with Crippen molar-refractivity contribution in [3.8, 4) is 0 Å². The van der Waals surface area contributed by atoms with Crippen molar-refractivity contribution in [1.82, 2.24) is 5.01 Å². The second-order valence-electron chi connectivity index (χ2n) is 3.24. The van der Waals surface area contributed by atoms with Crippen LogP contribution in [0.1, 0.15) is 10.4 Å². The van der Waals surface area contributed by atoms with Gasteiger partial charge in [0.25, 0.3) is 5.69 Å². The Balaban J connectivity index is 0.000000199. The molecule has 0 atom stereocenters.